The zero-order chi connectivity index (χ0) is 11.4. The van der Waals surface area contributed by atoms with Crippen LogP contribution in [0.1, 0.15) is 31.9 Å². The van der Waals surface area contributed by atoms with Gasteiger partial charge >= 0.3 is 0 Å². The molecular weight excluding hydrogens is 198 g/mol. The third-order valence-corrected chi connectivity index (χ3v) is 3.48. The summed E-state index contributed by atoms with van der Waals surface area (Å²) in [6.07, 6.45) is 4.99. The molecular formula is C13H21N3. The van der Waals surface area contributed by atoms with E-state index in [9.17, 15) is 0 Å². The van der Waals surface area contributed by atoms with Gasteiger partial charge in [0.1, 0.15) is 0 Å². The molecule has 2 rings (SSSR count). The third-order valence-electron chi connectivity index (χ3n) is 3.48. The van der Waals surface area contributed by atoms with E-state index < -0.39 is 0 Å². The number of nitrogens with one attached hydrogen (secondary N) is 1. The van der Waals surface area contributed by atoms with E-state index in [0.717, 1.165) is 13.1 Å². The lowest BCUT2D eigenvalue weighted by atomic mass is 10.1. The molecule has 1 aliphatic rings. The van der Waals surface area contributed by atoms with Crippen molar-refractivity contribution in [1.82, 2.24) is 15.2 Å². The highest BCUT2D eigenvalue weighted by molar-refractivity contribution is 5.14. The fourth-order valence-corrected chi connectivity index (χ4v) is 2.27. The molecule has 16 heavy (non-hydrogen) atoms. The van der Waals surface area contributed by atoms with Crippen molar-refractivity contribution < 1.29 is 0 Å². The van der Waals surface area contributed by atoms with Crippen molar-refractivity contribution in [1.29, 1.82) is 0 Å². The van der Waals surface area contributed by atoms with Crippen molar-refractivity contribution in [2.24, 2.45) is 0 Å². The van der Waals surface area contributed by atoms with Gasteiger partial charge in [-0.2, -0.15) is 0 Å². The maximum Gasteiger partial charge on any atom is 0.0321 e. The lowest BCUT2D eigenvalue weighted by Crippen LogP contribution is -2.31. The molecule has 3 nitrogen and oxygen atoms in total. The topological polar surface area (TPSA) is 28.2 Å². The summed E-state index contributed by atoms with van der Waals surface area (Å²) in [5, 5.41) is 3.53. The molecule has 1 aliphatic heterocycles. The summed E-state index contributed by atoms with van der Waals surface area (Å²) >= 11 is 0. The van der Waals surface area contributed by atoms with Crippen LogP contribution >= 0.6 is 0 Å². The van der Waals surface area contributed by atoms with Gasteiger partial charge in [-0.3, -0.25) is 9.88 Å². The average molecular weight is 219 g/mol. The van der Waals surface area contributed by atoms with Gasteiger partial charge in [0.15, 0.2) is 0 Å². The van der Waals surface area contributed by atoms with Crippen molar-refractivity contribution in [2.75, 3.05) is 19.6 Å². The van der Waals surface area contributed by atoms with Crippen LogP contribution in [0.15, 0.2) is 24.5 Å². The average Bonchev–Trinajstić information content (AvgIpc) is 2.54. The normalized spacial score (nSPS) is 25.0. The first-order valence-electron chi connectivity index (χ1n) is 6.14. The van der Waals surface area contributed by atoms with Crippen LogP contribution in [0.2, 0.25) is 0 Å². The molecule has 88 valence electrons. The summed E-state index contributed by atoms with van der Waals surface area (Å²) in [7, 11) is 0. The van der Waals surface area contributed by atoms with Crippen molar-refractivity contribution in [2.45, 2.75) is 32.4 Å². The summed E-state index contributed by atoms with van der Waals surface area (Å²) in [5.41, 5.74) is 1.37. The van der Waals surface area contributed by atoms with Crippen molar-refractivity contribution >= 4 is 0 Å². The number of pyridine rings is 1. The van der Waals surface area contributed by atoms with E-state index >= 15 is 0 Å². The molecule has 1 fully saturated rings. The quantitative estimate of drug-likeness (QED) is 0.822. The monoisotopic (exact) mass is 219 g/mol. The predicted octanol–water partition coefficient (Wildman–Crippen LogP) is 1.83. The SMILES string of the molecule is CC1CCN(C(C)c2ccncc2)CCN1. The van der Waals surface area contributed by atoms with Crippen LogP contribution in [0, 0.1) is 0 Å². The van der Waals surface area contributed by atoms with Crippen molar-refractivity contribution in [3.8, 4) is 0 Å². The second kappa shape index (κ2) is 5.41. The molecule has 1 N–H and O–H groups in total. The van der Waals surface area contributed by atoms with Gasteiger partial charge in [0.05, 0.1) is 0 Å². The summed E-state index contributed by atoms with van der Waals surface area (Å²) in [4.78, 5) is 6.62. The Labute approximate surface area is 97.9 Å². The Bertz CT molecular complexity index is 312. The Kier molecular flexibility index (Phi) is 3.91. The van der Waals surface area contributed by atoms with E-state index in [1.54, 1.807) is 0 Å². The van der Waals surface area contributed by atoms with Crippen LogP contribution in [-0.4, -0.2) is 35.6 Å². The van der Waals surface area contributed by atoms with Crippen LogP contribution in [0.4, 0.5) is 0 Å². The minimum Gasteiger partial charge on any atom is -0.313 e. The molecule has 1 aromatic heterocycles. The second-order valence-corrected chi connectivity index (χ2v) is 4.64. The van der Waals surface area contributed by atoms with Gasteiger partial charge < -0.3 is 5.32 Å². The summed E-state index contributed by atoms with van der Waals surface area (Å²) < 4.78 is 0. The van der Waals surface area contributed by atoms with Crippen molar-refractivity contribution in [3.05, 3.63) is 30.1 Å². The number of rotatable bonds is 2. The molecule has 2 unspecified atom stereocenters. The van der Waals surface area contributed by atoms with Crippen LogP contribution < -0.4 is 5.32 Å². The molecule has 1 saturated heterocycles. The largest absolute Gasteiger partial charge is 0.313 e. The van der Waals surface area contributed by atoms with Gasteiger partial charge in [-0.1, -0.05) is 0 Å². The molecule has 0 aliphatic carbocycles. The van der Waals surface area contributed by atoms with Crippen LogP contribution in [0.5, 0.6) is 0 Å². The van der Waals surface area contributed by atoms with Gasteiger partial charge in [0.25, 0.3) is 0 Å². The smallest absolute Gasteiger partial charge is 0.0321 e. The zero-order valence-electron chi connectivity index (χ0n) is 10.2. The molecule has 2 atom stereocenters. The molecule has 0 amide bonds. The number of nitrogens with zero attached hydrogens (tertiary/aromatic N) is 2. The van der Waals surface area contributed by atoms with E-state index in [-0.39, 0.29) is 0 Å². The molecule has 0 aromatic carbocycles. The Morgan fingerprint density at radius 2 is 2.12 bits per heavy atom. The standard InChI is InChI=1S/C13H21N3/c1-11-5-9-16(10-8-15-11)12(2)13-3-6-14-7-4-13/h3-4,6-7,11-12,15H,5,8-10H2,1-2H3. The minimum absolute atomic E-state index is 0.495. The highest BCUT2D eigenvalue weighted by Crippen LogP contribution is 2.20. The van der Waals surface area contributed by atoms with E-state index in [1.807, 2.05) is 12.4 Å². The van der Waals surface area contributed by atoms with Gasteiger partial charge in [0, 0.05) is 44.1 Å². The molecule has 0 radical (unpaired) electrons. The summed E-state index contributed by atoms with van der Waals surface area (Å²) in [6.45, 7) is 7.95. The Hall–Kier alpha value is -0.930. The van der Waals surface area contributed by atoms with E-state index in [0.29, 0.717) is 12.1 Å². The zero-order valence-corrected chi connectivity index (χ0v) is 10.2. The second-order valence-electron chi connectivity index (χ2n) is 4.64. The maximum atomic E-state index is 4.07. The highest BCUT2D eigenvalue weighted by atomic mass is 15.2. The Morgan fingerprint density at radius 1 is 1.38 bits per heavy atom. The van der Waals surface area contributed by atoms with E-state index in [1.165, 1.54) is 18.5 Å². The van der Waals surface area contributed by atoms with Crippen LogP contribution in [-0.2, 0) is 0 Å². The molecule has 0 bridgehead atoms. The van der Waals surface area contributed by atoms with Crippen molar-refractivity contribution in [3.63, 3.8) is 0 Å². The van der Waals surface area contributed by atoms with Gasteiger partial charge in [-0.15, -0.1) is 0 Å². The van der Waals surface area contributed by atoms with Crippen LogP contribution in [0.25, 0.3) is 0 Å². The molecule has 3 heteroatoms. The first kappa shape index (κ1) is 11.6. The first-order chi connectivity index (χ1) is 7.77. The molecule has 0 spiro atoms. The minimum atomic E-state index is 0.495. The van der Waals surface area contributed by atoms with E-state index in [2.05, 4.69) is 41.2 Å². The summed E-state index contributed by atoms with van der Waals surface area (Å²) in [5.74, 6) is 0. The maximum absolute atomic E-state index is 4.07. The lowest BCUT2D eigenvalue weighted by molar-refractivity contribution is 0.224. The van der Waals surface area contributed by atoms with Gasteiger partial charge in [-0.05, 0) is 38.0 Å². The van der Waals surface area contributed by atoms with Crippen LogP contribution in [0.3, 0.4) is 0 Å². The van der Waals surface area contributed by atoms with Gasteiger partial charge in [0.2, 0.25) is 0 Å². The molecule has 2 heterocycles. The third kappa shape index (κ3) is 2.80. The van der Waals surface area contributed by atoms with Gasteiger partial charge in [-0.25, -0.2) is 0 Å². The number of hydrogen-bond donors (Lipinski definition) is 1. The fraction of sp³-hybridized carbons (Fsp3) is 0.615. The lowest BCUT2D eigenvalue weighted by Gasteiger charge is -2.27. The van der Waals surface area contributed by atoms with E-state index in [4.69, 9.17) is 0 Å². The number of aromatic nitrogens is 1. The summed E-state index contributed by atoms with van der Waals surface area (Å²) in [6, 6.07) is 5.38. The Morgan fingerprint density at radius 3 is 2.88 bits per heavy atom. The highest BCUT2D eigenvalue weighted by Gasteiger charge is 2.18. The fourth-order valence-electron chi connectivity index (χ4n) is 2.27. The number of hydrogen-bond acceptors (Lipinski definition) is 3. The molecule has 0 saturated carbocycles. The Balaban J connectivity index is 2.01. The molecule has 1 aromatic rings. The predicted molar refractivity (Wildman–Crippen MR) is 66.3 cm³/mol. The first-order valence-corrected chi connectivity index (χ1v) is 6.14.